The largest absolute Gasteiger partial charge is 0.306 e. The van der Waals surface area contributed by atoms with Gasteiger partial charge in [-0.3, -0.25) is 4.79 Å². The first-order valence-corrected chi connectivity index (χ1v) is 8.03. The Morgan fingerprint density at radius 3 is 2.91 bits per heavy atom. The molecular formula is C16H16N4OS. The highest BCUT2D eigenvalue weighted by molar-refractivity contribution is 7.09. The van der Waals surface area contributed by atoms with Crippen LogP contribution in [0.2, 0.25) is 0 Å². The van der Waals surface area contributed by atoms with E-state index in [1.54, 1.807) is 22.5 Å². The highest BCUT2D eigenvalue weighted by Gasteiger charge is 2.33. The molecule has 0 fully saturated rings. The van der Waals surface area contributed by atoms with Crippen LogP contribution < -0.4 is 4.90 Å². The van der Waals surface area contributed by atoms with Crippen molar-refractivity contribution in [2.75, 3.05) is 11.4 Å². The fraction of sp³-hybridized carbons (Fsp3) is 0.250. The van der Waals surface area contributed by atoms with Gasteiger partial charge in [0.05, 0.1) is 22.6 Å². The van der Waals surface area contributed by atoms with E-state index in [9.17, 15) is 4.79 Å². The van der Waals surface area contributed by atoms with Crippen LogP contribution in [-0.4, -0.2) is 29.4 Å². The molecule has 0 spiro atoms. The fourth-order valence-electron chi connectivity index (χ4n) is 2.39. The molecule has 0 saturated carbocycles. The summed E-state index contributed by atoms with van der Waals surface area (Å²) in [6, 6.07) is 7.69. The average molecular weight is 312 g/mol. The number of aromatic nitrogens is 1. The summed E-state index contributed by atoms with van der Waals surface area (Å²) >= 11 is 1.56. The second-order valence-electron chi connectivity index (χ2n) is 4.96. The Hall–Kier alpha value is -2.34. The van der Waals surface area contributed by atoms with Crippen molar-refractivity contribution in [1.29, 1.82) is 0 Å². The number of benzene rings is 1. The summed E-state index contributed by atoms with van der Waals surface area (Å²) in [6.07, 6.45) is 2.48. The molecule has 6 heteroatoms. The van der Waals surface area contributed by atoms with E-state index >= 15 is 0 Å². The number of amides is 1. The minimum absolute atomic E-state index is 0.0883. The summed E-state index contributed by atoms with van der Waals surface area (Å²) in [7, 11) is 0. The Kier molecular flexibility index (Phi) is 4.11. The van der Waals surface area contributed by atoms with Gasteiger partial charge < -0.3 is 4.90 Å². The van der Waals surface area contributed by atoms with Crippen LogP contribution >= 0.6 is 11.3 Å². The van der Waals surface area contributed by atoms with Crippen LogP contribution in [0.25, 0.3) is 0 Å². The van der Waals surface area contributed by atoms with E-state index in [-0.39, 0.29) is 5.91 Å². The quantitative estimate of drug-likeness (QED) is 0.643. The van der Waals surface area contributed by atoms with Gasteiger partial charge >= 0.3 is 0 Å². The normalized spacial score (nSPS) is 16.0. The van der Waals surface area contributed by atoms with Crippen LogP contribution in [0.1, 0.15) is 29.6 Å². The SMILES string of the molecule is CCCN1C(=O)/C(=N/N=C\c2csc(C)n2)c2ccccc21. The van der Waals surface area contributed by atoms with Crippen molar-refractivity contribution in [3.63, 3.8) is 0 Å². The van der Waals surface area contributed by atoms with Gasteiger partial charge in [0, 0.05) is 17.5 Å². The molecule has 5 nitrogen and oxygen atoms in total. The lowest BCUT2D eigenvalue weighted by molar-refractivity contribution is -0.112. The third-order valence-electron chi connectivity index (χ3n) is 3.33. The molecular weight excluding hydrogens is 296 g/mol. The molecule has 0 N–H and O–H groups in total. The van der Waals surface area contributed by atoms with Crippen molar-refractivity contribution < 1.29 is 4.79 Å². The fourth-order valence-corrected chi connectivity index (χ4v) is 2.95. The van der Waals surface area contributed by atoms with E-state index < -0.39 is 0 Å². The van der Waals surface area contributed by atoms with E-state index in [1.807, 2.05) is 43.5 Å². The molecule has 0 unspecified atom stereocenters. The molecule has 1 amide bonds. The Balaban J connectivity index is 1.91. The first-order chi connectivity index (χ1) is 10.7. The molecule has 1 aliphatic rings. The van der Waals surface area contributed by atoms with Gasteiger partial charge in [0.15, 0.2) is 5.71 Å². The zero-order valence-corrected chi connectivity index (χ0v) is 13.3. The van der Waals surface area contributed by atoms with Gasteiger partial charge in [-0.2, -0.15) is 5.10 Å². The molecule has 0 bridgehead atoms. The van der Waals surface area contributed by atoms with E-state index in [0.717, 1.165) is 28.4 Å². The third kappa shape index (κ3) is 2.69. The number of rotatable bonds is 4. The maximum atomic E-state index is 12.5. The summed E-state index contributed by atoms with van der Waals surface area (Å²) in [6.45, 7) is 4.67. The minimum Gasteiger partial charge on any atom is -0.306 e. The van der Waals surface area contributed by atoms with Crippen molar-refractivity contribution in [2.24, 2.45) is 10.2 Å². The number of aryl methyl sites for hydroxylation is 1. The summed E-state index contributed by atoms with van der Waals surface area (Å²) in [5.74, 6) is -0.0883. The number of fused-ring (bicyclic) bond motifs is 1. The molecule has 1 aliphatic heterocycles. The van der Waals surface area contributed by atoms with E-state index in [4.69, 9.17) is 0 Å². The van der Waals surface area contributed by atoms with Crippen molar-refractivity contribution >= 4 is 34.9 Å². The van der Waals surface area contributed by atoms with Crippen LogP contribution in [0, 0.1) is 6.92 Å². The number of carbonyl (C=O) groups is 1. The highest BCUT2D eigenvalue weighted by atomic mass is 32.1. The number of carbonyl (C=O) groups excluding carboxylic acids is 1. The topological polar surface area (TPSA) is 57.9 Å². The number of hydrogen-bond acceptors (Lipinski definition) is 5. The third-order valence-corrected chi connectivity index (χ3v) is 4.12. The van der Waals surface area contributed by atoms with Gasteiger partial charge in [0.25, 0.3) is 5.91 Å². The minimum atomic E-state index is -0.0883. The van der Waals surface area contributed by atoms with Crippen LogP contribution in [0.4, 0.5) is 5.69 Å². The number of anilines is 1. The molecule has 22 heavy (non-hydrogen) atoms. The maximum absolute atomic E-state index is 12.5. The summed E-state index contributed by atoms with van der Waals surface area (Å²) in [4.78, 5) is 18.6. The second-order valence-corrected chi connectivity index (χ2v) is 6.02. The highest BCUT2D eigenvalue weighted by Crippen LogP contribution is 2.29. The molecule has 0 aliphatic carbocycles. The van der Waals surface area contributed by atoms with Gasteiger partial charge in [0.1, 0.15) is 0 Å². The molecule has 0 saturated heterocycles. The smallest absolute Gasteiger partial charge is 0.279 e. The monoisotopic (exact) mass is 312 g/mol. The predicted octanol–water partition coefficient (Wildman–Crippen LogP) is 3.03. The van der Waals surface area contributed by atoms with E-state index in [1.165, 1.54) is 0 Å². The van der Waals surface area contributed by atoms with Crippen molar-refractivity contribution in [1.82, 2.24) is 4.98 Å². The molecule has 2 heterocycles. The number of hydrogen-bond donors (Lipinski definition) is 0. The Morgan fingerprint density at radius 2 is 2.18 bits per heavy atom. The first kappa shape index (κ1) is 14.6. The van der Waals surface area contributed by atoms with Gasteiger partial charge in [-0.15, -0.1) is 16.4 Å². The lowest BCUT2D eigenvalue weighted by atomic mass is 10.1. The molecule has 3 rings (SSSR count). The number of nitrogens with zero attached hydrogens (tertiary/aromatic N) is 4. The van der Waals surface area contributed by atoms with Crippen molar-refractivity contribution in [2.45, 2.75) is 20.3 Å². The molecule has 2 aromatic rings. The van der Waals surface area contributed by atoms with Crippen LogP contribution in [-0.2, 0) is 4.79 Å². The molecule has 0 atom stereocenters. The van der Waals surface area contributed by atoms with Gasteiger partial charge in [0.2, 0.25) is 0 Å². The molecule has 0 radical (unpaired) electrons. The number of para-hydroxylation sites is 1. The molecule has 1 aromatic carbocycles. The van der Waals surface area contributed by atoms with Crippen LogP contribution in [0.15, 0.2) is 39.8 Å². The zero-order chi connectivity index (χ0) is 15.5. The Morgan fingerprint density at radius 1 is 1.36 bits per heavy atom. The van der Waals surface area contributed by atoms with Crippen molar-refractivity contribution in [3.8, 4) is 0 Å². The Labute approximate surface area is 133 Å². The van der Waals surface area contributed by atoms with Gasteiger partial charge in [-0.25, -0.2) is 4.98 Å². The second kappa shape index (κ2) is 6.19. The summed E-state index contributed by atoms with van der Waals surface area (Å²) in [5, 5.41) is 11.1. The summed E-state index contributed by atoms with van der Waals surface area (Å²) in [5.41, 5.74) is 2.91. The van der Waals surface area contributed by atoms with E-state index in [2.05, 4.69) is 15.2 Å². The molecule has 112 valence electrons. The predicted molar refractivity (Wildman–Crippen MR) is 90.1 cm³/mol. The van der Waals surface area contributed by atoms with Gasteiger partial charge in [-0.1, -0.05) is 25.1 Å². The van der Waals surface area contributed by atoms with E-state index in [0.29, 0.717) is 12.3 Å². The molecule has 1 aromatic heterocycles. The zero-order valence-electron chi connectivity index (χ0n) is 12.5. The summed E-state index contributed by atoms with van der Waals surface area (Å²) < 4.78 is 0. The van der Waals surface area contributed by atoms with Crippen molar-refractivity contribution in [3.05, 3.63) is 45.9 Å². The number of thiazole rings is 1. The maximum Gasteiger partial charge on any atom is 0.279 e. The lowest BCUT2D eigenvalue weighted by Gasteiger charge is -2.14. The average Bonchev–Trinajstić information content (AvgIpc) is 3.04. The van der Waals surface area contributed by atoms with Crippen LogP contribution in [0.3, 0.4) is 0 Å². The Bertz CT molecular complexity index is 763. The standard InChI is InChI=1S/C16H16N4OS/c1-3-8-20-14-7-5-4-6-13(14)15(16(20)21)19-17-9-12-10-22-11(2)18-12/h4-7,9-10H,3,8H2,1-2H3/b17-9-,19-15+. The lowest BCUT2D eigenvalue weighted by Crippen LogP contribution is -2.30. The first-order valence-electron chi connectivity index (χ1n) is 7.15. The van der Waals surface area contributed by atoms with Crippen LogP contribution in [0.5, 0.6) is 0 Å². The van der Waals surface area contributed by atoms with Gasteiger partial charge in [-0.05, 0) is 19.4 Å².